The molecule has 0 aliphatic heterocycles. The molecule has 0 aromatic carbocycles. The molecule has 0 bridgehead atoms. The Balaban J connectivity index is 1.95. The predicted molar refractivity (Wildman–Crippen MR) is 83.2 cm³/mol. The van der Waals surface area contributed by atoms with Crippen LogP contribution in [0.1, 0.15) is 11.3 Å². The second-order valence-electron chi connectivity index (χ2n) is 5.14. The molecular weight excluding hydrogens is 282 g/mol. The number of nitrogens with zero attached hydrogens (tertiary/aromatic N) is 4. The van der Waals surface area contributed by atoms with E-state index in [0.29, 0.717) is 18.9 Å². The van der Waals surface area contributed by atoms with E-state index >= 15 is 0 Å². The first-order valence-corrected chi connectivity index (χ1v) is 7.11. The van der Waals surface area contributed by atoms with Crippen LogP contribution in [-0.4, -0.2) is 50.4 Å². The van der Waals surface area contributed by atoms with Crippen LogP contribution >= 0.6 is 0 Å². The van der Waals surface area contributed by atoms with E-state index in [4.69, 9.17) is 5.11 Å². The fourth-order valence-electron chi connectivity index (χ4n) is 2.22. The highest BCUT2D eigenvalue weighted by atomic mass is 16.3. The lowest BCUT2D eigenvalue weighted by molar-refractivity contribution is -0.117. The van der Waals surface area contributed by atoms with Gasteiger partial charge in [0.05, 0.1) is 18.8 Å². The molecule has 0 fully saturated rings. The average Bonchev–Trinajstić information content (AvgIpc) is 2.78. The Morgan fingerprint density at radius 2 is 2.32 bits per heavy atom. The lowest BCUT2D eigenvalue weighted by Crippen LogP contribution is -2.35. The van der Waals surface area contributed by atoms with Crippen molar-refractivity contribution in [3.8, 4) is 0 Å². The highest BCUT2D eigenvalue weighted by Gasteiger charge is 2.13. The second-order valence-corrected chi connectivity index (χ2v) is 5.14. The van der Waals surface area contributed by atoms with Crippen molar-refractivity contribution in [1.82, 2.24) is 19.7 Å². The summed E-state index contributed by atoms with van der Waals surface area (Å²) in [5.74, 6) is 0.521. The molecule has 22 heavy (non-hydrogen) atoms. The number of aromatic nitrogens is 3. The Morgan fingerprint density at radius 3 is 2.91 bits per heavy atom. The lowest BCUT2D eigenvalue weighted by atomic mass is 10.2. The van der Waals surface area contributed by atoms with Gasteiger partial charge in [-0.2, -0.15) is 5.10 Å². The third-order valence-corrected chi connectivity index (χ3v) is 3.18. The normalized spacial score (nSPS) is 10.9. The van der Waals surface area contributed by atoms with Crippen molar-refractivity contribution in [3.63, 3.8) is 0 Å². The van der Waals surface area contributed by atoms with Crippen LogP contribution in [-0.2, 0) is 18.4 Å². The molecule has 1 amide bonds. The SMILES string of the molecule is Cc1cc(NC(=O)CN(CCO)Cc2cccnc2)n(C)n1. The summed E-state index contributed by atoms with van der Waals surface area (Å²) in [5, 5.41) is 16.2. The quantitative estimate of drug-likeness (QED) is 0.781. The van der Waals surface area contributed by atoms with E-state index in [0.717, 1.165) is 11.3 Å². The molecule has 0 saturated carbocycles. The Kier molecular flexibility index (Phi) is 5.62. The Labute approximate surface area is 129 Å². The minimum absolute atomic E-state index is 0.00163. The molecule has 0 saturated heterocycles. The van der Waals surface area contributed by atoms with Crippen LogP contribution in [0.15, 0.2) is 30.6 Å². The molecular formula is C15H21N5O2. The van der Waals surface area contributed by atoms with Gasteiger partial charge in [-0.15, -0.1) is 0 Å². The Bertz CT molecular complexity index is 612. The number of hydrogen-bond donors (Lipinski definition) is 2. The minimum Gasteiger partial charge on any atom is -0.395 e. The van der Waals surface area contributed by atoms with E-state index in [2.05, 4.69) is 15.4 Å². The Morgan fingerprint density at radius 1 is 1.50 bits per heavy atom. The van der Waals surface area contributed by atoms with Gasteiger partial charge in [0.15, 0.2) is 0 Å². The number of amides is 1. The summed E-state index contributed by atoms with van der Waals surface area (Å²) in [4.78, 5) is 18.1. The highest BCUT2D eigenvalue weighted by Crippen LogP contribution is 2.08. The zero-order valence-corrected chi connectivity index (χ0v) is 12.9. The van der Waals surface area contributed by atoms with Gasteiger partial charge >= 0.3 is 0 Å². The van der Waals surface area contributed by atoms with Gasteiger partial charge in [0.25, 0.3) is 0 Å². The topological polar surface area (TPSA) is 83.3 Å². The van der Waals surface area contributed by atoms with Crippen LogP contribution in [0.4, 0.5) is 5.82 Å². The van der Waals surface area contributed by atoms with Crippen molar-refractivity contribution >= 4 is 11.7 Å². The predicted octanol–water partition coefficient (Wildman–Crippen LogP) is 0.557. The summed E-state index contributed by atoms with van der Waals surface area (Å²) in [6.45, 7) is 3.05. The molecule has 2 aromatic heterocycles. The fourth-order valence-corrected chi connectivity index (χ4v) is 2.22. The van der Waals surface area contributed by atoms with Gasteiger partial charge in [0, 0.05) is 38.6 Å². The maximum absolute atomic E-state index is 12.2. The van der Waals surface area contributed by atoms with Gasteiger partial charge in [-0.25, -0.2) is 0 Å². The van der Waals surface area contributed by atoms with E-state index < -0.39 is 0 Å². The first kappa shape index (κ1) is 16.1. The van der Waals surface area contributed by atoms with Crippen LogP contribution in [0.3, 0.4) is 0 Å². The van der Waals surface area contributed by atoms with E-state index in [9.17, 15) is 4.79 Å². The molecule has 0 atom stereocenters. The third-order valence-electron chi connectivity index (χ3n) is 3.18. The number of aliphatic hydroxyl groups is 1. The van der Waals surface area contributed by atoms with Gasteiger partial charge in [0.2, 0.25) is 5.91 Å². The number of nitrogens with one attached hydrogen (secondary N) is 1. The highest BCUT2D eigenvalue weighted by molar-refractivity contribution is 5.91. The van der Waals surface area contributed by atoms with E-state index in [-0.39, 0.29) is 19.1 Å². The fraction of sp³-hybridized carbons (Fsp3) is 0.400. The number of aliphatic hydroxyl groups excluding tert-OH is 1. The number of carbonyl (C=O) groups excluding carboxylic acids is 1. The molecule has 2 heterocycles. The van der Waals surface area contributed by atoms with Crippen LogP contribution in [0, 0.1) is 6.92 Å². The summed E-state index contributed by atoms with van der Waals surface area (Å²) >= 11 is 0. The van der Waals surface area contributed by atoms with Crippen molar-refractivity contribution in [2.75, 3.05) is 25.0 Å². The molecule has 2 N–H and O–H groups in total. The van der Waals surface area contributed by atoms with Gasteiger partial charge < -0.3 is 10.4 Å². The number of carbonyl (C=O) groups is 1. The van der Waals surface area contributed by atoms with Gasteiger partial charge in [0.1, 0.15) is 5.82 Å². The smallest absolute Gasteiger partial charge is 0.239 e. The van der Waals surface area contributed by atoms with Gasteiger partial charge in [-0.3, -0.25) is 19.4 Å². The largest absolute Gasteiger partial charge is 0.395 e. The molecule has 118 valence electrons. The molecule has 2 rings (SSSR count). The summed E-state index contributed by atoms with van der Waals surface area (Å²) in [7, 11) is 1.78. The molecule has 0 radical (unpaired) electrons. The van der Waals surface area contributed by atoms with E-state index in [1.54, 1.807) is 24.1 Å². The Hall–Kier alpha value is -2.25. The zero-order valence-electron chi connectivity index (χ0n) is 12.9. The summed E-state index contributed by atoms with van der Waals surface area (Å²) in [6.07, 6.45) is 3.46. The lowest BCUT2D eigenvalue weighted by Gasteiger charge is -2.20. The van der Waals surface area contributed by atoms with Crippen LogP contribution in [0.25, 0.3) is 0 Å². The molecule has 2 aromatic rings. The second kappa shape index (κ2) is 7.67. The molecule has 0 aliphatic carbocycles. The maximum Gasteiger partial charge on any atom is 0.239 e. The summed E-state index contributed by atoms with van der Waals surface area (Å²) in [5.41, 5.74) is 1.85. The standard InChI is InChI=1S/C15H21N5O2/c1-12-8-14(19(2)18-12)17-15(22)11-20(6-7-21)10-13-4-3-5-16-9-13/h3-5,8-9,21H,6-7,10-11H2,1-2H3,(H,17,22). The average molecular weight is 303 g/mol. The third kappa shape index (κ3) is 4.64. The van der Waals surface area contributed by atoms with Crippen molar-refractivity contribution in [2.45, 2.75) is 13.5 Å². The molecule has 0 spiro atoms. The number of anilines is 1. The van der Waals surface area contributed by atoms with E-state index in [1.807, 2.05) is 30.0 Å². The first-order chi connectivity index (χ1) is 10.6. The van der Waals surface area contributed by atoms with Crippen molar-refractivity contribution < 1.29 is 9.90 Å². The molecule has 0 unspecified atom stereocenters. The molecule has 0 aliphatic rings. The van der Waals surface area contributed by atoms with Crippen molar-refractivity contribution in [3.05, 3.63) is 41.9 Å². The monoisotopic (exact) mass is 303 g/mol. The number of pyridine rings is 1. The number of aryl methyl sites for hydroxylation is 2. The molecule has 7 nitrogen and oxygen atoms in total. The minimum atomic E-state index is -0.139. The number of hydrogen-bond acceptors (Lipinski definition) is 5. The summed E-state index contributed by atoms with van der Waals surface area (Å²) in [6, 6.07) is 5.61. The van der Waals surface area contributed by atoms with Crippen molar-refractivity contribution in [1.29, 1.82) is 0 Å². The zero-order chi connectivity index (χ0) is 15.9. The first-order valence-electron chi connectivity index (χ1n) is 7.11. The number of rotatable bonds is 7. The van der Waals surface area contributed by atoms with Gasteiger partial charge in [-0.1, -0.05) is 6.07 Å². The van der Waals surface area contributed by atoms with Crippen LogP contribution in [0.2, 0.25) is 0 Å². The van der Waals surface area contributed by atoms with Crippen molar-refractivity contribution in [2.24, 2.45) is 7.05 Å². The summed E-state index contributed by atoms with van der Waals surface area (Å²) < 4.78 is 1.63. The molecule has 7 heteroatoms. The van der Waals surface area contributed by atoms with Crippen LogP contribution < -0.4 is 5.32 Å². The van der Waals surface area contributed by atoms with E-state index in [1.165, 1.54) is 0 Å². The van der Waals surface area contributed by atoms with Crippen LogP contribution in [0.5, 0.6) is 0 Å². The van der Waals surface area contributed by atoms with Gasteiger partial charge in [-0.05, 0) is 18.6 Å². The maximum atomic E-state index is 12.2.